The smallest absolute Gasteiger partial charge is 0.0950 e. The molecule has 0 radical (unpaired) electrons. The van der Waals surface area contributed by atoms with Crippen molar-refractivity contribution in [3.63, 3.8) is 0 Å². The lowest BCUT2D eigenvalue weighted by molar-refractivity contribution is 0.0690. The van der Waals surface area contributed by atoms with Crippen LogP contribution < -0.4 is 10.6 Å². The molecule has 0 amide bonds. The molecule has 0 aliphatic carbocycles. The minimum Gasteiger partial charge on any atom is -0.393 e. The van der Waals surface area contributed by atoms with Crippen LogP contribution in [-0.4, -0.2) is 48.0 Å². The number of piperidine rings is 2. The number of allylic oxidation sites excluding steroid dienone is 1. The van der Waals surface area contributed by atoms with Gasteiger partial charge in [-0.25, -0.2) is 0 Å². The van der Waals surface area contributed by atoms with Gasteiger partial charge in [-0.15, -0.1) is 0 Å². The van der Waals surface area contributed by atoms with Crippen LogP contribution in [-0.2, 0) is 0 Å². The molecule has 4 aliphatic heterocycles. The van der Waals surface area contributed by atoms with E-state index in [0.29, 0.717) is 17.8 Å². The minimum absolute atomic E-state index is 0.149. The molecule has 4 heteroatoms. The lowest BCUT2D eigenvalue weighted by Gasteiger charge is -2.44. The highest BCUT2D eigenvalue weighted by Gasteiger charge is 2.51. The Morgan fingerprint density at radius 1 is 1.32 bits per heavy atom. The van der Waals surface area contributed by atoms with Crippen LogP contribution in [0.25, 0.3) is 0 Å². The van der Waals surface area contributed by atoms with Crippen LogP contribution in [0.1, 0.15) is 72.1 Å². The van der Waals surface area contributed by atoms with Gasteiger partial charge in [0.2, 0.25) is 0 Å². The SMILES string of the molecule is CCCC(CN1CC(C2=C3CCCC4(NCCCC24)N3)=C[C@@H](C)C1)C(O)CC. The van der Waals surface area contributed by atoms with Crippen molar-refractivity contribution in [1.29, 1.82) is 0 Å². The molecule has 4 aliphatic rings. The maximum atomic E-state index is 10.5. The highest BCUT2D eigenvalue weighted by Crippen LogP contribution is 2.48. The molecule has 2 bridgehead atoms. The molecule has 5 atom stereocenters. The first-order valence-electron chi connectivity index (χ1n) is 11.9. The third kappa shape index (κ3) is 3.80. The van der Waals surface area contributed by atoms with E-state index in [1.807, 2.05) is 0 Å². The summed E-state index contributed by atoms with van der Waals surface area (Å²) in [5, 5.41) is 18.3. The van der Waals surface area contributed by atoms with Crippen molar-refractivity contribution in [2.45, 2.75) is 83.9 Å². The van der Waals surface area contributed by atoms with Gasteiger partial charge in [-0.2, -0.15) is 0 Å². The van der Waals surface area contributed by atoms with Crippen LogP contribution in [0.5, 0.6) is 0 Å². The molecule has 1 spiro atoms. The van der Waals surface area contributed by atoms with Gasteiger partial charge in [0.1, 0.15) is 0 Å². The normalized spacial score (nSPS) is 35.2. The summed E-state index contributed by atoms with van der Waals surface area (Å²) < 4.78 is 0. The van der Waals surface area contributed by atoms with Crippen molar-refractivity contribution >= 4 is 0 Å². The fourth-order valence-corrected chi connectivity index (χ4v) is 6.46. The summed E-state index contributed by atoms with van der Waals surface area (Å²) in [5.41, 5.74) is 4.92. The summed E-state index contributed by atoms with van der Waals surface area (Å²) >= 11 is 0. The van der Waals surface area contributed by atoms with E-state index in [1.165, 1.54) is 37.8 Å². The van der Waals surface area contributed by atoms with E-state index >= 15 is 0 Å². The van der Waals surface area contributed by atoms with E-state index in [1.54, 1.807) is 11.1 Å². The Balaban J connectivity index is 1.53. The van der Waals surface area contributed by atoms with E-state index in [-0.39, 0.29) is 11.8 Å². The summed E-state index contributed by atoms with van der Waals surface area (Å²) in [6.07, 6.45) is 11.9. The minimum atomic E-state index is -0.162. The third-order valence-electron chi connectivity index (χ3n) is 7.64. The molecule has 4 unspecified atom stereocenters. The molecule has 0 saturated carbocycles. The number of hydrogen-bond acceptors (Lipinski definition) is 4. The van der Waals surface area contributed by atoms with E-state index in [0.717, 1.165) is 45.4 Å². The molecular weight excluding hydrogens is 346 g/mol. The second kappa shape index (κ2) is 8.49. The van der Waals surface area contributed by atoms with E-state index in [4.69, 9.17) is 0 Å². The van der Waals surface area contributed by atoms with Crippen molar-refractivity contribution in [2.75, 3.05) is 26.2 Å². The molecule has 0 aromatic rings. The van der Waals surface area contributed by atoms with E-state index in [9.17, 15) is 5.11 Å². The van der Waals surface area contributed by atoms with Gasteiger partial charge in [-0.3, -0.25) is 10.2 Å². The summed E-state index contributed by atoms with van der Waals surface area (Å²) in [7, 11) is 0. The van der Waals surface area contributed by atoms with Crippen LogP contribution in [0.3, 0.4) is 0 Å². The molecule has 0 aromatic carbocycles. The van der Waals surface area contributed by atoms with Crippen molar-refractivity contribution in [1.82, 2.24) is 15.5 Å². The van der Waals surface area contributed by atoms with Crippen LogP contribution in [0, 0.1) is 17.8 Å². The molecule has 3 N–H and O–H groups in total. The zero-order chi connectivity index (χ0) is 19.7. The van der Waals surface area contributed by atoms with Gasteiger partial charge < -0.3 is 10.4 Å². The number of nitrogens with one attached hydrogen (secondary N) is 2. The maximum absolute atomic E-state index is 10.5. The van der Waals surface area contributed by atoms with Gasteiger partial charge in [0.15, 0.2) is 0 Å². The van der Waals surface area contributed by atoms with Gasteiger partial charge >= 0.3 is 0 Å². The van der Waals surface area contributed by atoms with Crippen molar-refractivity contribution in [3.8, 4) is 0 Å². The largest absolute Gasteiger partial charge is 0.393 e. The quantitative estimate of drug-likeness (QED) is 0.622. The maximum Gasteiger partial charge on any atom is 0.0950 e. The Kier molecular flexibility index (Phi) is 6.20. The summed E-state index contributed by atoms with van der Waals surface area (Å²) in [4.78, 5) is 2.64. The first kappa shape index (κ1) is 20.4. The molecule has 2 fully saturated rings. The first-order chi connectivity index (χ1) is 13.6. The average Bonchev–Trinajstić information content (AvgIpc) is 2.92. The molecule has 158 valence electrons. The van der Waals surface area contributed by atoms with Crippen molar-refractivity contribution < 1.29 is 5.11 Å². The highest BCUT2D eigenvalue weighted by atomic mass is 16.3. The predicted octanol–water partition coefficient (Wildman–Crippen LogP) is 3.79. The van der Waals surface area contributed by atoms with Gasteiger partial charge in [-0.05, 0) is 74.5 Å². The fraction of sp³-hybridized carbons (Fsp3) is 0.833. The van der Waals surface area contributed by atoms with Gasteiger partial charge in [0, 0.05) is 31.2 Å². The number of hydrogen-bond donors (Lipinski definition) is 3. The van der Waals surface area contributed by atoms with Gasteiger partial charge in [-0.1, -0.05) is 33.3 Å². The van der Waals surface area contributed by atoms with Crippen LogP contribution >= 0.6 is 0 Å². The molecule has 4 nitrogen and oxygen atoms in total. The Morgan fingerprint density at radius 3 is 2.96 bits per heavy atom. The predicted molar refractivity (Wildman–Crippen MR) is 116 cm³/mol. The molecule has 4 heterocycles. The second-order valence-electron chi connectivity index (χ2n) is 9.85. The molecular formula is C24H41N3O. The van der Waals surface area contributed by atoms with Crippen LogP contribution in [0.2, 0.25) is 0 Å². The summed E-state index contributed by atoms with van der Waals surface area (Å²) in [6, 6.07) is 0. The van der Waals surface area contributed by atoms with Crippen molar-refractivity contribution in [3.05, 3.63) is 22.9 Å². The second-order valence-corrected chi connectivity index (χ2v) is 9.85. The van der Waals surface area contributed by atoms with Gasteiger partial charge in [0.05, 0.1) is 11.8 Å². The number of nitrogens with zero attached hydrogens (tertiary/aromatic N) is 1. The van der Waals surface area contributed by atoms with Crippen LogP contribution in [0.15, 0.2) is 22.9 Å². The zero-order valence-corrected chi connectivity index (χ0v) is 18.3. The number of rotatable bonds is 7. The Hall–Kier alpha value is -0.840. The first-order valence-corrected chi connectivity index (χ1v) is 11.9. The molecule has 2 saturated heterocycles. The Morgan fingerprint density at radius 2 is 2.18 bits per heavy atom. The lowest BCUT2D eigenvalue weighted by Crippen LogP contribution is -2.61. The number of fused-ring (bicyclic) bond motifs is 1. The molecule has 4 rings (SSSR count). The summed E-state index contributed by atoms with van der Waals surface area (Å²) in [5.74, 6) is 1.64. The lowest BCUT2D eigenvalue weighted by atomic mass is 9.77. The fourth-order valence-electron chi connectivity index (χ4n) is 6.46. The molecule has 0 aromatic heterocycles. The van der Waals surface area contributed by atoms with Gasteiger partial charge in [0.25, 0.3) is 0 Å². The third-order valence-corrected chi connectivity index (χ3v) is 7.64. The Labute approximate surface area is 171 Å². The Bertz CT molecular complexity index is 623. The van der Waals surface area contributed by atoms with E-state index < -0.39 is 0 Å². The highest BCUT2D eigenvalue weighted by molar-refractivity contribution is 5.46. The number of aliphatic hydroxyl groups excluding tert-OH is 1. The average molecular weight is 388 g/mol. The zero-order valence-electron chi connectivity index (χ0n) is 18.3. The number of aliphatic hydroxyl groups is 1. The topological polar surface area (TPSA) is 47.5 Å². The summed E-state index contributed by atoms with van der Waals surface area (Å²) in [6.45, 7) is 11.1. The molecule has 28 heavy (non-hydrogen) atoms. The van der Waals surface area contributed by atoms with Crippen molar-refractivity contribution in [2.24, 2.45) is 17.8 Å². The van der Waals surface area contributed by atoms with Crippen LogP contribution in [0.4, 0.5) is 0 Å². The van der Waals surface area contributed by atoms with E-state index in [2.05, 4.69) is 42.4 Å². The standard InChI is InChI=1S/C24H41N3O/c1-4-8-18(22(28)5-2)15-27-14-17(3)13-19(16-27)23-20-9-7-12-25-24(20)11-6-10-21(23)26-24/h13,17-18,20,22,25-26,28H,4-12,14-16H2,1-3H3/t17-,18?,20?,22?,24?/m1/s1. The monoisotopic (exact) mass is 387 g/mol.